The van der Waals surface area contributed by atoms with Crippen molar-refractivity contribution in [2.24, 2.45) is 0 Å². The standard InChI is InChI=1S/C19H23N3O5S/c1-26-16-5-4-15-12-22(8-6-14(15)10-16)28(24,25)9-7-20-19(23)17-11-18(27-21-17)13-2-3-13/h4-5,10-11,13H,2-3,6-9,12H2,1H3,(H,20,23). The van der Waals surface area contributed by atoms with Crippen LogP contribution in [-0.2, 0) is 23.0 Å². The van der Waals surface area contributed by atoms with Gasteiger partial charge in [0.15, 0.2) is 5.69 Å². The Balaban J connectivity index is 1.31. The van der Waals surface area contributed by atoms with Gasteiger partial charge in [0.1, 0.15) is 11.5 Å². The fourth-order valence-corrected chi connectivity index (χ4v) is 4.66. The normalized spacial score (nSPS) is 17.2. The summed E-state index contributed by atoms with van der Waals surface area (Å²) in [6.45, 7) is 0.785. The molecule has 2 aromatic rings. The van der Waals surface area contributed by atoms with Crippen LogP contribution in [0.3, 0.4) is 0 Å². The van der Waals surface area contributed by atoms with Gasteiger partial charge >= 0.3 is 0 Å². The summed E-state index contributed by atoms with van der Waals surface area (Å²) < 4.78 is 37.2. The monoisotopic (exact) mass is 405 g/mol. The first-order valence-corrected chi connectivity index (χ1v) is 11.0. The molecule has 0 spiro atoms. The van der Waals surface area contributed by atoms with Crippen LogP contribution in [0.4, 0.5) is 0 Å². The lowest BCUT2D eigenvalue weighted by molar-refractivity contribution is 0.0947. The van der Waals surface area contributed by atoms with Crippen LogP contribution in [0.25, 0.3) is 0 Å². The summed E-state index contributed by atoms with van der Waals surface area (Å²) in [5.74, 6) is 1.30. The molecule has 0 unspecified atom stereocenters. The molecule has 8 nitrogen and oxygen atoms in total. The average Bonchev–Trinajstić information content (AvgIpc) is 3.43. The molecule has 1 aromatic heterocycles. The predicted molar refractivity (Wildman–Crippen MR) is 102 cm³/mol. The summed E-state index contributed by atoms with van der Waals surface area (Å²) in [6.07, 6.45) is 2.75. The summed E-state index contributed by atoms with van der Waals surface area (Å²) in [5.41, 5.74) is 2.28. The predicted octanol–water partition coefficient (Wildman–Crippen LogP) is 1.68. The molecule has 9 heteroatoms. The molecule has 0 saturated heterocycles. The number of benzene rings is 1. The van der Waals surface area contributed by atoms with Crippen LogP contribution in [0.15, 0.2) is 28.8 Å². The van der Waals surface area contributed by atoms with Crippen molar-refractivity contribution >= 4 is 15.9 Å². The van der Waals surface area contributed by atoms with Gasteiger partial charge in [0.25, 0.3) is 5.91 Å². The second-order valence-electron chi connectivity index (χ2n) is 7.18. The Morgan fingerprint density at radius 3 is 2.89 bits per heavy atom. The van der Waals surface area contributed by atoms with Gasteiger partial charge in [-0.1, -0.05) is 11.2 Å². The number of nitrogens with zero attached hydrogens (tertiary/aromatic N) is 2. The Hall–Kier alpha value is -2.39. The van der Waals surface area contributed by atoms with Crippen molar-refractivity contribution < 1.29 is 22.5 Å². The van der Waals surface area contributed by atoms with Crippen molar-refractivity contribution in [1.29, 1.82) is 0 Å². The van der Waals surface area contributed by atoms with E-state index in [4.69, 9.17) is 9.26 Å². The van der Waals surface area contributed by atoms with Gasteiger partial charge in [0, 0.05) is 31.6 Å². The number of fused-ring (bicyclic) bond motifs is 1. The second-order valence-corrected chi connectivity index (χ2v) is 9.27. The molecule has 1 amide bonds. The number of carbonyl (C=O) groups excluding carboxylic acids is 1. The number of nitrogens with one attached hydrogen (secondary N) is 1. The summed E-state index contributed by atoms with van der Waals surface area (Å²) in [4.78, 5) is 12.1. The van der Waals surface area contributed by atoms with E-state index in [0.717, 1.165) is 35.5 Å². The zero-order valence-electron chi connectivity index (χ0n) is 15.7. The quantitative estimate of drug-likeness (QED) is 0.752. The van der Waals surface area contributed by atoms with Crippen molar-refractivity contribution in [3.05, 3.63) is 46.8 Å². The number of hydrogen-bond acceptors (Lipinski definition) is 6. The van der Waals surface area contributed by atoms with Crippen LogP contribution in [0.1, 0.15) is 46.1 Å². The molecular weight excluding hydrogens is 382 g/mol. The molecule has 1 N–H and O–H groups in total. The van der Waals surface area contributed by atoms with Crippen LogP contribution in [0, 0.1) is 0 Å². The third-order valence-corrected chi connectivity index (χ3v) is 6.99. The Kier molecular flexibility index (Phi) is 5.11. The van der Waals surface area contributed by atoms with Gasteiger partial charge in [0.2, 0.25) is 10.0 Å². The third kappa shape index (κ3) is 4.05. The Morgan fingerprint density at radius 1 is 1.32 bits per heavy atom. The molecule has 150 valence electrons. The number of rotatable bonds is 7. The van der Waals surface area contributed by atoms with Crippen molar-refractivity contribution in [3.8, 4) is 5.75 Å². The molecule has 1 fully saturated rings. The summed E-state index contributed by atoms with van der Waals surface area (Å²) in [7, 11) is -1.86. The van der Waals surface area contributed by atoms with E-state index >= 15 is 0 Å². The van der Waals surface area contributed by atoms with E-state index in [9.17, 15) is 13.2 Å². The Morgan fingerprint density at radius 2 is 2.14 bits per heavy atom. The second kappa shape index (κ2) is 7.56. The maximum Gasteiger partial charge on any atom is 0.273 e. The molecule has 1 aliphatic carbocycles. The number of aromatic nitrogens is 1. The van der Waals surface area contributed by atoms with E-state index in [2.05, 4.69) is 10.5 Å². The molecular formula is C19H23N3O5S. The molecule has 0 bridgehead atoms. The Bertz CT molecular complexity index is 981. The maximum atomic E-state index is 12.7. The highest BCUT2D eigenvalue weighted by Crippen LogP contribution is 2.40. The number of sulfonamides is 1. The van der Waals surface area contributed by atoms with Crippen LogP contribution < -0.4 is 10.1 Å². The van der Waals surface area contributed by atoms with E-state index in [-0.39, 0.29) is 18.0 Å². The molecule has 4 rings (SSSR count). The van der Waals surface area contributed by atoms with Gasteiger partial charge in [-0.2, -0.15) is 4.31 Å². The lowest BCUT2D eigenvalue weighted by atomic mass is 10.0. The zero-order valence-corrected chi connectivity index (χ0v) is 16.5. The van der Waals surface area contributed by atoms with E-state index in [1.54, 1.807) is 13.2 Å². The zero-order chi connectivity index (χ0) is 19.7. The van der Waals surface area contributed by atoms with Crippen LogP contribution in [0.5, 0.6) is 5.75 Å². The molecule has 1 saturated carbocycles. The van der Waals surface area contributed by atoms with Gasteiger partial charge in [-0.05, 0) is 42.5 Å². The first-order valence-electron chi connectivity index (χ1n) is 9.35. The number of hydrogen-bond donors (Lipinski definition) is 1. The molecule has 1 aliphatic heterocycles. The molecule has 2 heterocycles. The first kappa shape index (κ1) is 18.9. The minimum atomic E-state index is -3.47. The smallest absolute Gasteiger partial charge is 0.273 e. The minimum Gasteiger partial charge on any atom is -0.497 e. The molecule has 0 atom stereocenters. The molecule has 0 radical (unpaired) electrons. The SMILES string of the molecule is COc1ccc2c(c1)CCN(S(=O)(=O)CCNC(=O)c1cc(C3CC3)on1)C2. The Labute approximate surface area is 163 Å². The van der Waals surface area contributed by atoms with Gasteiger partial charge in [-0.3, -0.25) is 4.79 Å². The highest BCUT2D eigenvalue weighted by atomic mass is 32.2. The highest BCUT2D eigenvalue weighted by molar-refractivity contribution is 7.89. The van der Waals surface area contributed by atoms with Crippen molar-refractivity contribution in [1.82, 2.24) is 14.8 Å². The summed E-state index contributed by atoms with van der Waals surface area (Å²) in [6, 6.07) is 7.33. The largest absolute Gasteiger partial charge is 0.497 e. The number of ether oxygens (including phenoxy) is 1. The van der Waals surface area contributed by atoms with Crippen molar-refractivity contribution in [3.63, 3.8) is 0 Å². The molecule has 1 aromatic carbocycles. The van der Waals surface area contributed by atoms with Gasteiger partial charge in [-0.25, -0.2) is 8.42 Å². The van der Waals surface area contributed by atoms with Crippen molar-refractivity contribution in [2.45, 2.75) is 31.7 Å². The lowest BCUT2D eigenvalue weighted by Crippen LogP contribution is -2.40. The van der Waals surface area contributed by atoms with Crippen molar-refractivity contribution in [2.75, 3.05) is 26.0 Å². The fourth-order valence-electron chi connectivity index (χ4n) is 3.34. The maximum absolute atomic E-state index is 12.7. The van der Waals surface area contributed by atoms with Gasteiger partial charge in [0.05, 0.1) is 12.9 Å². The van der Waals surface area contributed by atoms with E-state index < -0.39 is 15.9 Å². The fraction of sp³-hybridized carbons (Fsp3) is 0.474. The first-order chi connectivity index (χ1) is 13.5. The van der Waals surface area contributed by atoms with E-state index in [1.165, 1.54) is 4.31 Å². The number of carbonyl (C=O) groups is 1. The highest BCUT2D eigenvalue weighted by Gasteiger charge is 2.29. The topological polar surface area (TPSA) is 102 Å². The molecule has 28 heavy (non-hydrogen) atoms. The van der Waals surface area contributed by atoms with E-state index in [0.29, 0.717) is 25.4 Å². The minimum absolute atomic E-state index is 0.0265. The lowest BCUT2D eigenvalue weighted by Gasteiger charge is -2.28. The number of methoxy groups -OCH3 is 1. The van der Waals surface area contributed by atoms with Crippen LogP contribution >= 0.6 is 0 Å². The van der Waals surface area contributed by atoms with Crippen LogP contribution in [-0.4, -0.2) is 49.7 Å². The molecule has 2 aliphatic rings. The van der Waals surface area contributed by atoms with Gasteiger partial charge < -0.3 is 14.6 Å². The van der Waals surface area contributed by atoms with Gasteiger partial charge in [-0.15, -0.1) is 0 Å². The third-order valence-electron chi connectivity index (χ3n) is 5.17. The summed E-state index contributed by atoms with van der Waals surface area (Å²) >= 11 is 0. The van der Waals surface area contributed by atoms with Crippen LogP contribution in [0.2, 0.25) is 0 Å². The van der Waals surface area contributed by atoms with E-state index in [1.807, 2.05) is 18.2 Å². The summed E-state index contributed by atoms with van der Waals surface area (Å²) in [5, 5.41) is 6.38. The number of amides is 1. The average molecular weight is 405 g/mol.